The molecule has 0 bridgehead atoms. The third-order valence-electron chi connectivity index (χ3n) is 5.53. The van der Waals surface area contributed by atoms with Crippen molar-refractivity contribution in [3.05, 3.63) is 6.33 Å². The van der Waals surface area contributed by atoms with Gasteiger partial charge in [0.2, 0.25) is 11.8 Å². The van der Waals surface area contributed by atoms with Crippen molar-refractivity contribution in [1.29, 1.82) is 0 Å². The van der Waals surface area contributed by atoms with E-state index >= 15 is 0 Å². The van der Waals surface area contributed by atoms with Crippen LogP contribution in [0.5, 0.6) is 5.88 Å². The Morgan fingerprint density at radius 1 is 1.12 bits per heavy atom. The fourth-order valence-electron chi connectivity index (χ4n) is 3.84. The lowest BCUT2D eigenvalue weighted by Gasteiger charge is -2.17. The van der Waals surface area contributed by atoms with Crippen LogP contribution >= 0.6 is 0 Å². The second kappa shape index (κ2) is 5.97. The zero-order valence-corrected chi connectivity index (χ0v) is 14.4. The number of hydrogen-bond donors (Lipinski definition) is 0. The van der Waals surface area contributed by atoms with Crippen LogP contribution in [0.4, 0.5) is 5.95 Å². The Kier molecular flexibility index (Phi) is 3.60. The molecule has 1 atom stereocenters. The number of hydrogen-bond acceptors (Lipinski definition) is 6. The van der Waals surface area contributed by atoms with Crippen LogP contribution in [0.2, 0.25) is 0 Å². The van der Waals surface area contributed by atoms with E-state index in [-0.39, 0.29) is 11.8 Å². The Balaban J connectivity index is 1.57. The highest BCUT2D eigenvalue weighted by Gasteiger charge is 2.30. The van der Waals surface area contributed by atoms with Crippen LogP contribution in [0, 0.1) is 5.92 Å². The Bertz CT molecular complexity index is 807. The largest absolute Gasteiger partial charge is 0.476 e. The molecule has 3 heterocycles. The van der Waals surface area contributed by atoms with E-state index in [2.05, 4.69) is 14.9 Å². The summed E-state index contributed by atoms with van der Waals surface area (Å²) < 4.78 is 7.95. The molecular formula is C18H23N5O2. The Labute approximate surface area is 146 Å². The van der Waals surface area contributed by atoms with Gasteiger partial charge in [-0.05, 0) is 44.4 Å². The molecule has 1 aliphatic heterocycles. The molecule has 3 fully saturated rings. The first kappa shape index (κ1) is 15.1. The van der Waals surface area contributed by atoms with Crippen molar-refractivity contribution in [2.45, 2.75) is 51.0 Å². The highest BCUT2D eigenvalue weighted by molar-refractivity contribution is 5.87. The molecule has 0 aromatic carbocycles. The molecule has 2 aromatic heterocycles. The molecule has 0 amide bonds. The summed E-state index contributed by atoms with van der Waals surface area (Å²) in [6.07, 6.45) is 9.00. The molecule has 1 unspecified atom stereocenters. The molecule has 2 aromatic rings. The van der Waals surface area contributed by atoms with E-state index in [0.29, 0.717) is 36.3 Å². The monoisotopic (exact) mass is 341 g/mol. The molecule has 7 nitrogen and oxygen atoms in total. The number of fused-ring (bicyclic) bond motifs is 1. The Hall–Kier alpha value is -2.18. The molecule has 0 N–H and O–H groups in total. The molecule has 3 aliphatic rings. The van der Waals surface area contributed by atoms with Gasteiger partial charge >= 0.3 is 0 Å². The summed E-state index contributed by atoms with van der Waals surface area (Å²) >= 11 is 0. The first-order valence-electron chi connectivity index (χ1n) is 9.44. The number of carbonyl (C=O) groups excluding carboxylic acids is 1. The van der Waals surface area contributed by atoms with Gasteiger partial charge in [-0.15, -0.1) is 0 Å². The summed E-state index contributed by atoms with van der Waals surface area (Å²) in [4.78, 5) is 28.4. The molecule has 0 radical (unpaired) electrons. The van der Waals surface area contributed by atoms with Crippen molar-refractivity contribution in [1.82, 2.24) is 19.5 Å². The van der Waals surface area contributed by atoms with Crippen molar-refractivity contribution in [3.63, 3.8) is 0 Å². The third-order valence-corrected chi connectivity index (χ3v) is 5.53. The van der Waals surface area contributed by atoms with Gasteiger partial charge in [0.25, 0.3) is 0 Å². The maximum Gasteiger partial charge on any atom is 0.247 e. The fraction of sp³-hybridized carbons (Fsp3) is 0.667. The van der Waals surface area contributed by atoms with Crippen molar-refractivity contribution in [2.75, 3.05) is 24.6 Å². The standard InChI is InChI=1S/C18H23N5O2/c24-14-5-3-4-13(14)23-11-19-15-16(23)20-18(22-8-1-2-9-22)21-17(15)25-10-12-6-7-12/h11-13H,1-10H2. The summed E-state index contributed by atoms with van der Waals surface area (Å²) in [6, 6.07) is -0.136. The average molecular weight is 341 g/mol. The summed E-state index contributed by atoms with van der Waals surface area (Å²) in [5.74, 6) is 2.21. The number of imidazole rings is 1. The van der Waals surface area contributed by atoms with E-state index in [9.17, 15) is 4.79 Å². The van der Waals surface area contributed by atoms with Crippen LogP contribution in [0.15, 0.2) is 6.33 Å². The lowest BCUT2D eigenvalue weighted by molar-refractivity contribution is -0.120. The number of carbonyl (C=O) groups is 1. The van der Waals surface area contributed by atoms with Gasteiger partial charge in [0, 0.05) is 19.5 Å². The van der Waals surface area contributed by atoms with Crippen molar-refractivity contribution in [3.8, 4) is 5.88 Å². The quantitative estimate of drug-likeness (QED) is 0.832. The van der Waals surface area contributed by atoms with E-state index < -0.39 is 0 Å². The van der Waals surface area contributed by atoms with Gasteiger partial charge in [0.05, 0.1) is 19.0 Å². The van der Waals surface area contributed by atoms with Crippen LogP contribution in [0.25, 0.3) is 11.2 Å². The topological polar surface area (TPSA) is 73.1 Å². The summed E-state index contributed by atoms with van der Waals surface area (Å²) in [5.41, 5.74) is 1.42. The zero-order valence-electron chi connectivity index (χ0n) is 14.4. The van der Waals surface area contributed by atoms with Gasteiger partial charge in [0.1, 0.15) is 0 Å². The van der Waals surface area contributed by atoms with Crippen LogP contribution < -0.4 is 9.64 Å². The molecule has 1 saturated heterocycles. The molecule has 25 heavy (non-hydrogen) atoms. The number of anilines is 1. The summed E-state index contributed by atoms with van der Waals surface area (Å²) in [5, 5.41) is 0. The normalized spacial score (nSPS) is 23.8. The number of ether oxygens (including phenoxy) is 1. The molecular weight excluding hydrogens is 318 g/mol. The molecule has 7 heteroatoms. The van der Waals surface area contributed by atoms with Crippen molar-refractivity contribution in [2.24, 2.45) is 5.92 Å². The van der Waals surface area contributed by atoms with Gasteiger partial charge in [-0.25, -0.2) is 4.98 Å². The number of Topliss-reactive ketones (excluding diaryl/α,β-unsaturated/α-hetero) is 1. The number of aromatic nitrogens is 4. The maximum absolute atomic E-state index is 12.2. The number of ketones is 1. The molecule has 132 valence electrons. The minimum Gasteiger partial charge on any atom is -0.476 e. The second-order valence-electron chi connectivity index (χ2n) is 7.48. The third kappa shape index (κ3) is 2.75. The SMILES string of the molecule is O=C1CCCC1n1cnc2c(OCC3CC3)nc(N3CCCC3)nc21. The van der Waals surface area contributed by atoms with E-state index in [1.807, 2.05) is 4.57 Å². The fourth-order valence-corrected chi connectivity index (χ4v) is 3.84. The number of rotatable bonds is 5. The first-order valence-corrected chi connectivity index (χ1v) is 9.44. The van der Waals surface area contributed by atoms with Gasteiger partial charge in [0.15, 0.2) is 16.9 Å². The average Bonchev–Trinajstić information content (AvgIpc) is 3.02. The zero-order chi connectivity index (χ0) is 16.8. The predicted octanol–water partition coefficient (Wildman–Crippen LogP) is 2.51. The van der Waals surface area contributed by atoms with Crippen LogP contribution in [-0.4, -0.2) is 45.0 Å². The van der Waals surface area contributed by atoms with Gasteiger partial charge < -0.3 is 14.2 Å². The van der Waals surface area contributed by atoms with Crippen LogP contribution in [0.1, 0.15) is 51.0 Å². The molecule has 0 spiro atoms. The smallest absolute Gasteiger partial charge is 0.247 e. The van der Waals surface area contributed by atoms with Gasteiger partial charge in [-0.2, -0.15) is 9.97 Å². The Morgan fingerprint density at radius 2 is 1.96 bits per heavy atom. The summed E-state index contributed by atoms with van der Waals surface area (Å²) in [7, 11) is 0. The van der Waals surface area contributed by atoms with Crippen molar-refractivity contribution >= 4 is 22.9 Å². The Morgan fingerprint density at radius 3 is 2.68 bits per heavy atom. The lowest BCUT2D eigenvalue weighted by Crippen LogP contribution is -2.21. The second-order valence-corrected chi connectivity index (χ2v) is 7.48. The van der Waals surface area contributed by atoms with Gasteiger partial charge in [-0.3, -0.25) is 4.79 Å². The van der Waals surface area contributed by atoms with Crippen molar-refractivity contribution < 1.29 is 9.53 Å². The van der Waals surface area contributed by atoms with E-state index in [1.165, 1.54) is 25.7 Å². The molecule has 2 aliphatic carbocycles. The van der Waals surface area contributed by atoms with E-state index in [0.717, 1.165) is 31.6 Å². The molecule has 5 rings (SSSR count). The van der Waals surface area contributed by atoms with Gasteiger partial charge in [-0.1, -0.05) is 0 Å². The lowest BCUT2D eigenvalue weighted by atomic mass is 10.2. The van der Waals surface area contributed by atoms with Crippen LogP contribution in [0.3, 0.4) is 0 Å². The van der Waals surface area contributed by atoms with E-state index in [4.69, 9.17) is 9.72 Å². The number of nitrogens with zero attached hydrogens (tertiary/aromatic N) is 5. The van der Waals surface area contributed by atoms with Crippen LogP contribution in [-0.2, 0) is 4.79 Å². The first-order chi connectivity index (χ1) is 12.3. The summed E-state index contributed by atoms with van der Waals surface area (Å²) in [6.45, 7) is 2.65. The minimum absolute atomic E-state index is 0.136. The maximum atomic E-state index is 12.2. The highest BCUT2D eigenvalue weighted by Crippen LogP contribution is 2.34. The highest BCUT2D eigenvalue weighted by atomic mass is 16.5. The molecule has 2 saturated carbocycles. The predicted molar refractivity (Wildman–Crippen MR) is 92.9 cm³/mol. The van der Waals surface area contributed by atoms with E-state index in [1.54, 1.807) is 6.33 Å². The minimum atomic E-state index is -0.136.